The third-order valence-corrected chi connectivity index (χ3v) is 3.20. The van der Waals surface area contributed by atoms with E-state index in [2.05, 4.69) is 5.32 Å². The van der Waals surface area contributed by atoms with Crippen molar-refractivity contribution < 1.29 is 19.7 Å². The molecule has 0 aliphatic rings. The van der Waals surface area contributed by atoms with Crippen LogP contribution in [-0.2, 0) is 9.53 Å². The van der Waals surface area contributed by atoms with Crippen molar-refractivity contribution >= 4 is 5.97 Å². The Hall–Kier alpha value is -1.43. The summed E-state index contributed by atoms with van der Waals surface area (Å²) in [4.78, 5) is 11.3. The number of benzene rings is 1. The Morgan fingerprint density at radius 1 is 1.40 bits per heavy atom. The molecule has 0 fully saturated rings. The minimum Gasteiger partial charge on any atom is -0.481 e. The molecular weight excluding hydrogens is 258 g/mol. The molecule has 0 spiro atoms. The molecule has 0 radical (unpaired) electrons. The molecule has 3 N–H and O–H groups in total. The molecule has 0 aromatic heterocycles. The number of aliphatic carboxylic acids is 1. The molecule has 5 heteroatoms. The topological polar surface area (TPSA) is 78.8 Å². The zero-order valence-electron chi connectivity index (χ0n) is 12.0. The van der Waals surface area contributed by atoms with Gasteiger partial charge in [-0.3, -0.25) is 4.79 Å². The van der Waals surface area contributed by atoms with E-state index in [1.54, 1.807) is 26.2 Å². The van der Waals surface area contributed by atoms with E-state index in [4.69, 9.17) is 4.74 Å². The van der Waals surface area contributed by atoms with Crippen molar-refractivity contribution in [3.05, 3.63) is 35.9 Å². The molecule has 1 aromatic carbocycles. The maximum Gasteiger partial charge on any atom is 0.312 e. The number of carboxylic acid groups (broad SMARTS) is 1. The molecule has 5 nitrogen and oxygen atoms in total. The summed E-state index contributed by atoms with van der Waals surface area (Å²) >= 11 is 0. The molecule has 0 saturated heterocycles. The van der Waals surface area contributed by atoms with Gasteiger partial charge >= 0.3 is 5.97 Å². The molecule has 1 aromatic rings. The van der Waals surface area contributed by atoms with Crippen molar-refractivity contribution in [2.24, 2.45) is 0 Å². The van der Waals surface area contributed by atoms with E-state index in [0.29, 0.717) is 19.6 Å². The second kappa shape index (κ2) is 7.99. The molecule has 2 atom stereocenters. The van der Waals surface area contributed by atoms with Crippen LogP contribution in [0.1, 0.15) is 24.8 Å². The Kier molecular flexibility index (Phi) is 6.64. The third kappa shape index (κ3) is 5.69. The zero-order chi connectivity index (χ0) is 15.0. The number of aliphatic hydroxyl groups is 1. The fourth-order valence-electron chi connectivity index (χ4n) is 1.93. The van der Waals surface area contributed by atoms with Gasteiger partial charge in [-0.15, -0.1) is 0 Å². The van der Waals surface area contributed by atoms with Gasteiger partial charge in [-0.1, -0.05) is 30.3 Å². The highest BCUT2D eigenvalue weighted by molar-refractivity contribution is 5.76. The predicted molar refractivity (Wildman–Crippen MR) is 76.8 cm³/mol. The van der Waals surface area contributed by atoms with Crippen LogP contribution in [0.5, 0.6) is 0 Å². The summed E-state index contributed by atoms with van der Waals surface area (Å²) in [5.41, 5.74) is -0.153. The molecule has 0 aliphatic heterocycles. The van der Waals surface area contributed by atoms with Crippen LogP contribution in [0.4, 0.5) is 0 Å². The van der Waals surface area contributed by atoms with Gasteiger partial charge in [-0.05, 0) is 12.5 Å². The standard InChI is InChI=1S/C15H23NO4/c1-15(19,8-9-20-2)11-16-10-13(14(17)18)12-6-4-3-5-7-12/h3-7,13,16,19H,8-11H2,1-2H3,(H,17,18). The fraction of sp³-hybridized carbons (Fsp3) is 0.533. The second-order valence-corrected chi connectivity index (χ2v) is 5.17. The van der Waals surface area contributed by atoms with E-state index in [1.165, 1.54) is 0 Å². The summed E-state index contributed by atoms with van der Waals surface area (Å²) in [6.07, 6.45) is 0.500. The van der Waals surface area contributed by atoms with Crippen LogP contribution in [0.15, 0.2) is 30.3 Å². The van der Waals surface area contributed by atoms with Gasteiger partial charge in [-0.25, -0.2) is 0 Å². The highest BCUT2D eigenvalue weighted by atomic mass is 16.5. The smallest absolute Gasteiger partial charge is 0.312 e. The number of rotatable bonds is 9. The molecule has 2 unspecified atom stereocenters. The fourth-order valence-corrected chi connectivity index (χ4v) is 1.93. The van der Waals surface area contributed by atoms with Gasteiger partial charge in [0.1, 0.15) is 0 Å². The number of hydrogen-bond acceptors (Lipinski definition) is 4. The van der Waals surface area contributed by atoms with Crippen molar-refractivity contribution in [2.45, 2.75) is 24.9 Å². The molecule has 0 heterocycles. The van der Waals surface area contributed by atoms with Crippen LogP contribution < -0.4 is 5.32 Å². The van der Waals surface area contributed by atoms with Crippen molar-refractivity contribution in [1.82, 2.24) is 5.32 Å². The molecule has 0 amide bonds. The molecule has 0 aliphatic carbocycles. The Morgan fingerprint density at radius 2 is 2.05 bits per heavy atom. The Bertz CT molecular complexity index is 406. The van der Waals surface area contributed by atoms with Gasteiger partial charge in [0, 0.05) is 33.2 Å². The lowest BCUT2D eigenvalue weighted by Crippen LogP contribution is -2.41. The normalized spacial score (nSPS) is 15.6. The first kappa shape index (κ1) is 16.6. The average Bonchev–Trinajstić information content (AvgIpc) is 2.42. The summed E-state index contributed by atoms with van der Waals surface area (Å²) in [7, 11) is 1.58. The van der Waals surface area contributed by atoms with Crippen LogP contribution in [0, 0.1) is 0 Å². The second-order valence-electron chi connectivity index (χ2n) is 5.17. The van der Waals surface area contributed by atoms with E-state index in [-0.39, 0.29) is 6.54 Å². The lowest BCUT2D eigenvalue weighted by atomic mass is 9.98. The van der Waals surface area contributed by atoms with Gasteiger partial charge in [-0.2, -0.15) is 0 Å². The minimum atomic E-state index is -0.907. The van der Waals surface area contributed by atoms with Crippen LogP contribution in [0.25, 0.3) is 0 Å². The number of ether oxygens (including phenoxy) is 1. The molecular formula is C15H23NO4. The van der Waals surface area contributed by atoms with Crippen LogP contribution >= 0.6 is 0 Å². The largest absolute Gasteiger partial charge is 0.481 e. The van der Waals surface area contributed by atoms with E-state index in [9.17, 15) is 15.0 Å². The molecule has 112 valence electrons. The first-order valence-corrected chi connectivity index (χ1v) is 6.66. The van der Waals surface area contributed by atoms with E-state index >= 15 is 0 Å². The maximum atomic E-state index is 11.3. The summed E-state index contributed by atoms with van der Waals surface area (Å²) < 4.78 is 4.93. The predicted octanol–water partition coefficient (Wildman–Crippen LogP) is 1.23. The Labute approximate surface area is 119 Å². The van der Waals surface area contributed by atoms with Crippen LogP contribution in [-0.4, -0.2) is 48.6 Å². The summed E-state index contributed by atoms with van der Waals surface area (Å²) in [6, 6.07) is 9.08. The number of nitrogens with one attached hydrogen (secondary N) is 1. The number of carbonyl (C=O) groups is 1. The molecule has 0 bridgehead atoms. The van der Waals surface area contributed by atoms with E-state index in [0.717, 1.165) is 5.56 Å². The lowest BCUT2D eigenvalue weighted by molar-refractivity contribution is -0.138. The van der Waals surface area contributed by atoms with Crippen molar-refractivity contribution in [3.8, 4) is 0 Å². The number of hydrogen-bond donors (Lipinski definition) is 3. The summed E-state index contributed by atoms with van der Waals surface area (Å²) in [5.74, 6) is -1.49. The minimum absolute atomic E-state index is 0.280. The highest BCUT2D eigenvalue weighted by Crippen LogP contribution is 2.15. The first-order valence-electron chi connectivity index (χ1n) is 6.66. The van der Waals surface area contributed by atoms with Gasteiger partial charge in [0.15, 0.2) is 0 Å². The van der Waals surface area contributed by atoms with Crippen LogP contribution in [0.2, 0.25) is 0 Å². The first-order chi connectivity index (χ1) is 9.46. The van der Waals surface area contributed by atoms with Crippen molar-refractivity contribution in [3.63, 3.8) is 0 Å². The molecule has 1 rings (SSSR count). The quantitative estimate of drug-likeness (QED) is 0.634. The average molecular weight is 281 g/mol. The van der Waals surface area contributed by atoms with Gasteiger partial charge in [0.05, 0.1) is 11.5 Å². The number of carboxylic acids is 1. The summed E-state index contributed by atoms with van der Waals surface area (Å²) in [5, 5.41) is 22.4. The van der Waals surface area contributed by atoms with Crippen molar-refractivity contribution in [2.75, 3.05) is 26.8 Å². The highest BCUT2D eigenvalue weighted by Gasteiger charge is 2.23. The molecule has 0 saturated carbocycles. The number of methoxy groups -OCH3 is 1. The van der Waals surface area contributed by atoms with Gasteiger partial charge in [0.2, 0.25) is 0 Å². The third-order valence-electron chi connectivity index (χ3n) is 3.20. The Morgan fingerprint density at radius 3 is 2.60 bits per heavy atom. The van der Waals surface area contributed by atoms with Gasteiger partial charge < -0.3 is 20.3 Å². The summed E-state index contributed by atoms with van der Waals surface area (Å²) in [6.45, 7) is 2.78. The lowest BCUT2D eigenvalue weighted by Gasteiger charge is -2.24. The maximum absolute atomic E-state index is 11.3. The van der Waals surface area contributed by atoms with Crippen LogP contribution in [0.3, 0.4) is 0 Å². The van der Waals surface area contributed by atoms with Crippen molar-refractivity contribution in [1.29, 1.82) is 0 Å². The van der Waals surface area contributed by atoms with E-state index in [1.807, 2.05) is 18.2 Å². The SMILES string of the molecule is COCCC(C)(O)CNCC(C(=O)O)c1ccccc1. The monoisotopic (exact) mass is 281 g/mol. The van der Waals surface area contributed by atoms with E-state index < -0.39 is 17.5 Å². The van der Waals surface area contributed by atoms with Gasteiger partial charge in [0.25, 0.3) is 0 Å². The Balaban J connectivity index is 2.51. The molecule has 20 heavy (non-hydrogen) atoms. The zero-order valence-corrected chi connectivity index (χ0v) is 12.0.